The predicted molar refractivity (Wildman–Crippen MR) is 31.4 cm³/mol. The Labute approximate surface area is 53.0 Å². The lowest BCUT2D eigenvalue weighted by atomic mass is 10.9. The van der Waals surface area contributed by atoms with Crippen LogP contribution in [0.2, 0.25) is 0 Å². The highest BCUT2D eigenvalue weighted by molar-refractivity contribution is 6.20. The van der Waals surface area contributed by atoms with E-state index in [1.807, 2.05) is 0 Å². The Kier molecular flexibility index (Phi) is 3.44. The Balaban J connectivity index is 3.63. The summed E-state index contributed by atoms with van der Waals surface area (Å²) < 4.78 is 0. The number of aliphatic imine (C=N–C) groups is 1. The number of isocyanates is 1. The van der Waals surface area contributed by atoms with Crippen LogP contribution in [-0.4, -0.2) is 30.7 Å². The second kappa shape index (κ2) is 3.61. The van der Waals surface area contributed by atoms with E-state index in [1.165, 1.54) is 6.08 Å². The summed E-state index contributed by atoms with van der Waals surface area (Å²) in [7, 11) is 3.44. The minimum Gasteiger partial charge on any atom is -0.275 e. The third-order valence-electron chi connectivity index (χ3n) is 0.585. The molecule has 4 heteroatoms. The van der Waals surface area contributed by atoms with E-state index in [2.05, 4.69) is 4.99 Å². The van der Waals surface area contributed by atoms with Crippen LogP contribution < -0.4 is 0 Å². The summed E-state index contributed by atoms with van der Waals surface area (Å²) in [4.78, 5) is 14.3. The first-order valence-electron chi connectivity index (χ1n) is 2.06. The molecule has 0 radical (unpaired) electrons. The van der Waals surface area contributed by atoms with E-state index in [-0.39, 0.29) is 0 Å². The fourth-order valence-corrected chi connectivity index (χ4v) is 0.199. The molecule has 0 amide bonds. The molecule has 3 nitrogen and oxygen atoms in total. The maximum Gasteiger partial charge on any atom is 0.237 e. The van der Waals surface area contributed by atoms with Crippen molar-refractivity contribution in [3.63, 3.8) is 0 Å². The lowest BCUT2D eigenvalue weighted by molar-refractivity contribution is 0.384. The molecule has 0 saturated carbocycles. The van der Waals surface area contributed by atoms with Crippen LogP contribution in [-0.2, 0) is 4.79 Å². The highest BCUT2D eigenvalue weighted by atomic mass is 35.5. The summed E-state index contributed by atoms with van der Waals surface area (Å²) in [6.07, 6.45) is 1.35. The SMILES string of the molecule is CN(C)C(Cl)N=C=O. The maximum atomic E-state index is 9.52. The molecule has 0 aromatic carbocycles. The van der Waals surface area contributed by atoms with Crippen molar-refractivity contribution in [3.8, 4) is 0 Å². The van der Waals surface area contributed by atoms with Crippen LogP contribution in [0.5, 0.6) is 0 Å². The fraction of sp³-hybridized carbons (Fsp3) is 0.750. The number of nitrogens with zero attached hydrogens (tertiary/aromatic N) is 2. The first-order valence-corrected chi connectivity index (χ1v) is 2.49. The molecule has 0 saturated heterocycles. The highest BCUT2D eigenvalue weighted by Crippen LogP contribution is 1.97. The van der Waals surface area contributed by atoms with Crippen LogP contribution in [0.4, 0.5) is 0 Å². The van der Waals surface area contributed by atoms with Crippen LogP contribution in [0.3, 0.4) is 0 Å². The zero-order chi connectivity index (χ0) is 6.57. The lowest BCUT2D eigenvalue weighted by Gasteiger charge is -2.09. The second-order valence-corrected chi connectivity index (χ2v) is 1.89. The van der Waals surface area contributed by atoms with Crippen LogP contribution in [0, 0.1) is 0 Å². The second-order valence-electron chi connectivity index (χ2n) is 1.49. The monoisotopic (exact) mass is 134 g/mol. The van der Waals surface area contributed by atoms with E-state index in [4.69, 9.17) is 11.6 Å². The van der Waals surface area contributed by atoms with Crippen molar-refractivity contribution in [1.82, 2.24) is 4.90 Å². The summed E-state index contributed by atoms with van der Waals surface area (Å²) in [5, 5.41) is 0. The molecule has 0 aliphatic carbocycles. The first-order chi connectivity index (χ1) is 3.68. The Morgan fingerprint density at radius 3 is 2.38 bits per heavy atom. The summed E-state index contributed by atoms with van der Waals surface area (Å²) in [6.45, 7) is 0. The topological polar surface area (TPSA) is 32.7 Å². The van der Waals surface area contributed by atoms with E-state index in [1.54, 1.807) is 19.0 Å². The first kappa shape index (κ1) is 7.63. The van der Waals surface area contributed by atoms with Gasteiger partial charge in [-0.25, -0.2) is 4.79 Å². The van der Waals surface area contributed by atoms with Crippen LogP contribution in [0.1, 0.15) is 0 Å². The molecule has 1 atom stereocenters. The number of carbonyl (C=O) groups excluding carboxylic acids is 1. The molecule has 0 N–H and O–H groups in total. The Morgan fingerprint density at radius 1 is 1.75 bits per heavy atom. The van der Waals surface area contributed by atoms with E-state index in [0.717, 1.165) is 0 Å². The Hall–Kier alpha value is -0.370. The largest absolute Gasteiger partial charge is 0.275 e. The quantitative estimate of drug-likeness (QED) is 0.237. The van der Waals surface area contributed by atoms with Gasteiger partial charge in [-0.2, -0.15) is 4.99 Å². The van der Waals surface area contributed by atoms with E-state index >= 15 is 0 Å². The van der Waals surface area contributed by atoms with Crippen molar-refractivity contribution in [2.24, 2.45) is 4.99 Å². The van der Waals surface area contributed by atoms with Gasteiger partial charge in [0.1, 0.15) is 0 Å². The summed E-state index contributed by atoms with van der Waals surface area (Å²) >= 11 is 5.41. The van der Waals surface area contributed by atoms with Gasteiger partial charge in [-0.3, -0.25) is 4.90 Å². The predicted octanol–water partition coefficient (Wildman–Crippen LogP) is 0.406. The van der Waals surface area contributed by atoms with Gasteiger partial charge in [0.15, 0.2) is 5.62 Å². The van der Waals surface area contributed by atoms with Crippen molar-refractivity contribution in [2.75, 3.05) is 14.1 Å². The molecule has 8 heavy (non-hydrogen) atoms. The fourth-order valence-electron chi connectivity index (χ4n) is 0.159. The molecular formula is C4H7ClN2O. The van der Waals surface area contributed by atoms with Crippen molar-refractivity contribution in [1.29, 1.82) is 0 Å². The molecule has 0 rings (SSSR count). The van der Waals surface area contributed by atoms with Gasteiger partial charge in [0.25, 0.3) is 0 Å². The van der Waals surface area contributed by atoms with E-state index in [0.29, 0.717) is 0 Å². The van der Waals surface area contributed by atoms with Gasteiger partial charge in [0.2, 0.25) is 6.08 Å². The molecule has 0 bridgehead atoms. The van der Waals surface area contributed by atoms with Crippen LogP contribution in [0.25, 0.3) is 0 Å². The van der Waals surface area contributed by atoms with Crippen LogP contribution >= 0.6 is 11.6 Å². The maximum absolute atomic E-state index is 9.52. The minimum atomic E-state index is -0.576. The molecule has 1 unspecified atom stereocenters. The summed E-state index contributed by atoms with van der Waals surface area (Å²) in [5.74, 6) is 0. The smallest absolute Gasteiger partial charge is 0.237 e. The number of hydrogen-bond acceptors (Lipinski definition) is 3. The molecule has 0 aliphatic heterocycles. The Bertz CT molecular complexity index is 109. The zero-order valence-corrected chi connectivity index (χ0v) is 5.51. The van der Waals surface area contributed by atoms with Crippen molar-refractivity contribution >= 4 is 17.7 Å². The number of alkyl halides is 1. The molecule has 0 fully saturated rings. The normalized spacial score (nSPS) is 13.0. The average Bonchev–Trinajstić information content (AvgIpc) is 1.67. The Morgan fingerprint density at radius 2 is 2.25 bits per heavy atom. The van der Waals surface area contributed by atoms with Gasteiger partial charge in [-0.05, 0) is 14.1 Å². The molecule has 0 aromatic rings. The molecular weight excluding hydrogens is 128 g/mol. The van der Waals surface area contributed by atoms with E-state index in [9.17, 15) is 4.79 Å². The third kappa shape index (κ3) is 2.75. The van der Waals surface area contributed by atoms with Crippen molar-refractivity contribution in [3.05, 3.63) is 0 Å². The minimum absolute atomic E-state index is 0.576. The van der Waals surface area contributed by atoms with Gasteiger partial charge in [-0.15, -0.1) is 0 Å². The molecule has 0 heterocycles. The van der Waals surface area contributed by atoms with Crippen LogP contribution in [0.15, 0.2) is 4.99 Å². The van der Waals surface area contributed by atoms with Gasteiger partial charge in [0.05, 0.1) is 0 Å². The molecule has 0 spiro atoms. The standard InChI is InChI=1S/C4H7ClN2O/c1-7(2)4(5)6-3-8/h4H,1-2H3. The van der Waals surface area contributed by atoms with Crippen molar-refractivity contribution < 1.29 is 4.79 Å². The average molecular weight is 135 g/mol. The highest BCUT2D eigenvalue weighted by Gasteiger charge is 2.00. The number of hydrogen-bond donors (Lipinski definition) is 0. The zero-order valence-electron chi connectivity index (χ0n) is 4.76. The number of halogens is 1. The van der Waals surface area contributed by atoms with E-state index < -0.39 is 5.62 Å². The van der Waals surface area contributed by atoms with Gasteiger partial charge in [0, 0.05) is 0 Å². The molecule has 46 valence electrons. The summed E-state index contributed by atoms with van der Waals surface area (Å²) in [6, 6.07) is 0. The third-order valence-corrected chi connectivity index (χ3v) is 1.07. The van der Waals surface area contributed by atoms with Crippen molar-refractivity contribution in [2.45, 2.75) is 5.62 Å². The summed E-state index contributed by atoms with van der Waals surface area (Å²) in [5.41, 5.74) is -0.576. The molecule has 0 aromatic heterocycles. The van der Waals surface area contributed by atoms with Gasteiger partial charge >= 0.3 is 0 Å². The number of rotatable bonds is 2. The van der Waals surface area contributed by atoms with Gasteiger partial charge in [-0.1, -0.05) is 11.6 Å². The lowest BCUT2D eigenvalue weighted by Crippen LogP contribution is -2.19. The molecule has 0 aliphatic rings. The van der Waals surface area contributed by atoms with Gasteiger partial charge < -0.3 is 0 Å².